The summed E-state index contributed by atoms with van der Waals surface area (Å²) < 4.78 is 0. The Morgan fingerprint density at radius 3 is 2.58 bits per heavy atom. The van der Waals surface area contributed by atoms with Gasteiger partial charge < -0.3 is 5.32 Å². The molecule has 1 N–H and O–H groups in total. The van der Waals surface area contributed by atoms with Gasteiger partial charge in [0, 0.05) is 12.1 Å². The quantitative estimate of drug-likeness (QED) is 0.830. The highest BCUT2D eigenvalue weighted by Crippen LogP contribution is 2.33. The maximum Gasteiger partial charge on any atom is 0.0572 e. The number of para-hydroxylation sites is 1. The number of rotatable bonds is 2. The lowest BCUT2D eigenvalue weighted by Crippen LogP contribution is -2.29. The average Bonchev–Trinajstić information content (AvgIpc) is 2.74. The van der Waals surface area contributed by atoms with Crippen LogP contribution in [0, 0.1) is 6.92 Å². The first-order chi connectivity index (χ1) is 9.16. The third-order valence-electron chi connectivity index (χ3n) is 3.81. The maximum absolute atomic E-state index is 3.61. The topological polar surface area (TPSA) is 12.0 Å². The van der Waals surface area contributed by atoms with Gasteiger partial charge in [-0.15, -0.1) is 0 Å². The van der Waals surface area contributed by atoms with Crippen molar-refractivity contribution in [3.05, 3.63) is 71.3 Å². The molecule has 0 saturated heterocycles. The van der Waals surface area contributed by atoms with E-state index in [2.05, 4.69) is 79.8 Å². The van der Waals surface area contributed by atoms with Crippen LogP contribution < -0.4 is 5.32 Å². The fourth-order valence-electron chi connectivity index (χ4n) is 2.69. The van der Waals surface area contributed by atoms with Crippen LogP contribution in [0.3, 0.4) is 0 Å². The Kier molecular flexibility index (Phi) is 2.90. The molecule has 1 atom stereocenters. The van der Waals surface area contributed by atoms with Crippen molar-refractivity contribution >= 4 is 11.8 Å². The van der Waals surface area contributed by atoms with Crippen molar-refractivity contribution in [3.8, 4) is 0 Å². The standard InChI is InChI=1S/C18H19N/c1-14-7-3-4-8-15(14)11-12-18(2)13-16-9-5-6-10-17(16)19-18/h3-12,19H,13H2,1-2H3/b12-11-/t18-/m0/s1. The molecule has 1 aliphatic rings. The smallest absolute Gasteiger partial charge is 0.0572 e. The van der Waals surface area contributed by atoms with E-state index in [1.54, 1.807) is 0 Å². The van der Waals surface area contributed by atoms with Crippen molar-refractivity contribution in [2.45, 2.75) is 25.8 Å². The fraction of sp³-hybridized carbons (Fsp3) is 0.222. The van der Waals surface area contributed by atoms with Gasteiger partial charge >= 0.3 is 0 Å². The van der Waals surface area contributed by atoms with Crippen LogP contribution in [-0.4, -0.2) is 5.54 Å². The minimum absolute atomic E-state index is 0.0198. The zero-order chi connectivity index (χ0) is 13.3. The highest BCUT2D eigenvalue weighted by molar-refractivity contribution is 5.63. The Bertz CT molecular complexity index is 600. The van der Waals surface area contributed by atoms with Gasteiger partial charge in [0.15, 0.2) is 0 Å². The highest BCUT2D eigenvalue weighted by Gasteiger charge is 2.28. The summed E-state index contributed by atoms with van der Waals surface area (Å²) in [5, 5.41) is 3.61. The van der Waals surface area contributed by atoms with E-state index in [-0.39, 0.29) is 5.54 Å². The van der Waals surface area contributed by atoms with Gasteiger partial charge in [-0.05, 0) is 36.6 Å². The minimum Gasteiger partial charge on any atom is -0.376 e. The predicted molar refractivity (Wildman–Crippen MR) is 82.4 cm³/mol. The van der Waals surface area contributed by atoms with E-state index >= 15 is 0 Å². The van der Waals surface area contributed by atoms with Gasteiger partial charge in [-0.3, -0.25) is 0 Å². The Morgan fingerprint density at radius 2 is 1.79 bits per heavy atom. The van der Waals surface area contributed by atoms with Crippen molar-refractivity contribution in [2.75, 3.05) is 5.32 Å². The Morgan fingerprint density at radius 1 is 1.05 bits per heavy atom. The molecule has 0 aliphatic carbocycles. The van der Waals surface area contributed by atoms with E-state index in [0.717, 1.165) is 6.42 Å². The van der Waals surface area contributed by atoms with Crippen LogP contribution in [0.4, 0.5) is 5.69 Å². The summed E-state index contributed by atoms with van der Waals surface area (Å²) in [5.74, 6) is 0. The van der Waals surface area contributed by atoms with Crippen LogP contribution in [0.1, 0.15) is 23.6 Å². The maximum atomic E-state index is 3.61. The van der Waals surface area contributed by atoms with Crippen molar-refractivity contribution in [3.63, 3.8) is 0 Å². The molecular formula is C18H19N. The number of anilines is 1. The molecule has 0 radical (unpaired) electrons. The number of benzene rings is 2. The third-order valence-corrected chi connectivity index (χ3v) is 3.81. The number of fused-ring (bicyclic) bond motifs is 1. The molecule has 1 aliphatic heterocycles. The molecule has 2 aromatic carbocycles. The lowest BCUT2D eigenvalue weighted by Gasteiger charge is -2.20. The summed E-state index contributed by atoms with van der Waals surface area (Å²) in [6, 6.07) is 17.0. The highest BCUT2D eigenvalue weighted by atomic mass is 15.0. The zero-order valence-electron chi connectivity index (χ0n) is 11.5. The molecule has 0 bridgehead atoms. The molecule has 0 aromatic heterocycles. The van der Waals surface area contributed by atoms with Gasteiger partial charge in [-0.25, -0.2) is 0 Å². The minimum atomic E-state index is 0.0198. The van der Waals surface area contributed by atoms with E-state index in [4.69, 9.17) is 0 Å². The van der Waals surface area contributed by atoms with E-state index < -0.39 is 0 Å². The summed E-state index contributed by atoms with van der Waals surface area (Å²) in [4.78, 5) is 0. The number of aryl methyl sites for hydroxylation is 1. The molecule has 0 fully saturated rings. The number of hydrogen-bond acceptors (Lipinski definition) is 1. The van der Waals surface area contributed by atoms with Crippen LogP contribution in [0.15, 0.2) is 54.6 Å². The van der Waals surface area contributed by atoms with E-state index in [1.807, 2.05) is 0 Å². The second kappa shape index (κ2) is 4.58. The molecule has 3 rings (SSSR count). The van der Waals surface area contributed by atoms with Crippen molar-refractivity contribution in [1.29, 1.82) is 0 Å². The molecule has 0 amide bonds. The van der Waals surface area contributed by atoms with Gasteiger partial charge in [0.25, 0.3) is 0 Å². The van der Waals surface area contributed by atoms with Gasteiger partial charge in [0.1, 0.15) is 0 Å². The number of nitrogens with one attached hydrogen (secondary N) is 1. The van der Waals surface area contributed by atoms with Crippen LogP contribution in [-0.2, 0) is 6.42 Å². The summed E-state index contributed by atoms with van der Waals surface area (Å²) in [6.45, 7) is 4.40. The molecule has 96 valence electrons. The fourth-order valence-corrected chi connectivity index (χ4v) is 2.69. The molecule has 1 heteroatoms. The summed E-state index contributed by atoms with van der Waals surface area (Å²) in [7, 11) is 0. The SMILES string of the molecule is Cc1ccccc1/C=C\[C@@]1(C)Cc2ccccc2N1. The normalized spacial score (nSPS) is 21.4. The predicted octanol–water partition coefficient (Wildman–Crippen LogP) is 4.44. The third kappa shape index (κ3) is 2.41. The van der Waals surface area contributed by atoms with Crippen LogP contribution in [0.5, 0.6) is 0 Å². The van der Waals surface area contributed by atoms with Gasteiger partial charge in [-0.1, -0.05) is 54.6 Å². The first-order valence-electron chi connectivity index (χ1n) is 6.77. The first kappa shape index (κ1) is 12.0. The molecule has 19 heavy (non-hydrogen) atoms. The Balaban J connectivity index is 1.84. The van der Waals surface area contributed by atoms with Crippen LogP contribution in [0.2, 0.25) is 0 Å². The largest absolute Gasteiger partial charge is 0.376 e. The Hall–Kier alpha value is -2.02. The lowest BCUT2D eigenvalue weighted by atomic mass is 9.95. The monoisotopic (exact) mass is 249 g/mol. The molecule has 0 spiro atoms. The molecule has 0 unspecified atom stereocenters. The van der Waals surface area contributed by atoms with Crippen molar-refractivity contribution < 1.29 is 0 Å². The molecule has 0 saturated carbocycles. The number of hydrogen-bond donors (Lipinski definition) is 1. The molecule has 1 nitrogen and oxygen atoms in total. The first-order valence-corrected chi connectivity index (χ1v) is 6.77. The van der Waals surface area contributed by atoms with Crippen LogP contribution in [0.25, 0.3) is 6.08 Å². The lowest BCUT2D eigenvalue weighted by molar-refractivity contribution is 0.670. The molecule has 1 heterocycles. The average molecular weight is 249 g/mol. The van der Waals surface area contributed by atoms with Gasteiger partial charge in [0.05, 0.1) is 5.54 Å². The second-order valence-electron chi connectivity index (χ2n) is 5.57. The summed E-state index contributed by atoms with van der Waals surface area (Å²) >= 11 is 0. The van der Waals surface area contributed by atoms with E-state index in [0.29, 0.717) is 0 Å². The molecule has 2 aromatic rings. The zero-order valence-corrected chi connectivity index (χ0v) is 11.5. The van der Waals surface area contributed by atoms with Gasteiger partial charge in [0.2, 0.25) is 0 Å². The Labute approximate surface area is 115 Å². The van der Waals surface area contributed by atoms with Gasteiger partial charge in [-0.2, -0.15) is 0 Å². The second-order valence-corrected chi connectivity index (χ2v) is 5.57. The van der Waals surface area contributed by atoms with Crippen molar-refractivity contribution in [2.24, 2.45) is 0 Å². The molecular weight excluding hydrogens is 230 g/mol. The summed E-state index contributed by atoms with van der Waals surface area (Å²) in [6.07, 6.45) is 5.56. The van der Waals surface area contributed by atoms with E-state index in [1.165, 1.54) is 22.4 Å². The summed E-state index contributed by atoms with van der Waals surface area (Å²) in [5.41, 5.74) is 5.30. The van der Waals surface area contributed by atoms with Crippen LogP contribution >= 0.6 is 0 Å². The van der Waals surface area contributed by atoms with Crippen molar-refractivity contribution in [1.82, 2.24) is 0 Å². The van der Waals surface area contributed by atoms with E-state index in [9.17, 15) is 0 Å².